The average molecular weight is 328 g/mol. The Kier molecular flexibility index (Phi) is 4.62. The van der Waals surface area contributed by atoms with Crippen LogP contribution in [0.1, 0.15) is 15.2 Å². The van der Waals surface area contributed by atoms with Crippen molar-refractivity contribution < 1.29 is 4.79 Å². The van der Waals surface area contributed by atoms with E-state index in [-0.39, 0.29) is 5.91 Å². The monoisotopic (exact) mass is 328 g/mol. The van der Waals surface area contributed by atoms with Crippen LogP contribution < -0.4 is 10.6 Å². The molecule has 3 aromatic heterocycles. The van der Waals surface area contributed by atoms with E-state index in [1.807, 2.05) is 36.6 Å². The Bertz CT molecular complexity index is 766. The quantitative estimate of drug-likeness (QED) is 0.675. The highest BCUT2D eigenvalue weighted by atomic mass is 32.1. The molecule has 0 unspecified atom stereocenters. The zero-order valence-corrected chi connectivity index (χ0v) is 13.4. The van der Waals surface area contributed by atoms with E-state index in [0.29, 0.717) is 24.7 Å². The summed E-state index contributed by atoms with van der Waals surface area (Å²) >= 11 is 1.45. The van der Waals surface area contributed by atoms with Gasteiger partial charge in [-0.3, -0.25) is 4.79 Å². The van der Waals surface area contributed by atoms with Gasteiger partial charge < -0.3 is 10.6 Å². The number of anilines is 1. The van der Waals surface area contributed by atoms with Crippen LogP contribution in [0.5, 0.6) is 0 Å². The van der Waals surface area contributed by atoms with Gasteiger partial charge in [0.2, 0.25) is 0 Å². The molecule has 0 aromatic carbocycles. The molecule has 23 heavy (non-hydrogen) atoms. The minimum atomic E-state index is -0.0509. The van der Waals surface area contributed by atoms with E-state index in [4.69, 9.17) is 0 Å². The largest absolute Gasteiger partial charge is 0.367 e. The summed E-state index contributed by atoms with van der Waals surface area (Å²) in [4.78, 5) is 12.6. The predicted molar refractivity (Wildman–Crippen MR) is 89.0 cm³/mol. The van der Waals surface area contributed by atoms with Gasteiger partial charge in [0.15, 0.2) is 5.82 Å². The highest BCUT2D eigenvalue weighted by Crippen LogP contribution is 2.13. The van der Waals surface area contributed by atoms with E-state index >= 15 is 0 Å². The standard InChI is InChI=1S/C15H16N6OS/c1-11-9-12(23-10-11)15(22)17-7-6-16-13-3-4-14(20-19-13)21-8-2-5-18-21/h2-5,8-10H,6-7H2,1H3,(H,16,19)(H,17,22). The summed E-state index contributed by atoms with van der Waals surface area (Å²) in [5, 5.41) is 20.2. The van der Waals surface area contributed by atoms with Gasteiger partial charge in [0.1, 0.15) is 5.82 Å². The van der Waals surface area contributed by atoms with Gasteiger partial charge in [-0.1, -0.05) is 0 Å². The molecule has 3 aromatic rings. The van der Waals surface area contributed by atoms with Gasteiger partial charge in [-0.2, -0.15) is 5.10 Å². The van der Waals surface area contributed by atoms with Crippen molar-refractivity contribution in [3.63, 3.8) is 0 Å². The second-order valence-corrected chi connectivity index (χ2v) is 5.81. The fraction of sp³-hybridized carbons (Fsp3) is 0.200. The molecule has 0 atom stereocenters. The number of hydrogen-bond donors (Lipinski definition) is 2. The van der Waals surface area contributed by atoms with Crippen molar-refractivity contribution in [2.75, 3.05) is 18.4 Å². The summed E-state index contributed by atoms with van der Waals surface area (Å²) in [6, 6.07) is 7.36. The Morgan fingerprint density at radius 3 is 2.87 bits per heavy atom. The first-order chi connectivity index (χ1) is 11.2. The number of nitrogens with one attached hydrogen (secondary N) is 2. The molecule has 3 heterocycles. The van der Waals surface area contributed by atoms with E-state index in [9.17, 15) is 4.79 Å². The lowest BCUT2D eigenvalue weighted by Gasteiger charge is -2.06. The normalized spacial score (nSPS) is 10.5. The molecule has 1 amide bonds. The first-order valence-electron chi connectivity index (χ1n) is 7.13. The van der Waals surface area contributed by atoms with Crippen LogP contribution in [-0.4, -0.2) is 39.0 Å². The Morgan fingerprint density at radius 1 is 1.30 bits per heavy atom. The topological polar surface area (TPSA) is 84.7 Å². The van der Waals surface area contributed by atoms with Crippen LogP contribution in [0.25, 0.3) is 5.82 Å². The highest BCUT2D eigenvalue weighted by molar-refractivity contribution is 7.12. The number of thiophene rings is 1. The third-order valence-corrected chi connectivity index (χ3v) is 4.11. The summed E-state index contributed by atoms with van der Waals surface area (Å²) in [6.45, 7) is 3.06. The molecule has 3 rings (SSSR count). The van der Waals surface area contributed by atoms with Gasteiger partial charge in [-0.25, -0.2) is 4.68 Å². The van der Waals surface area contributed by atoms with Crippen LogP contribution in [0.15, 0.2) is 42.0 Å². The maximum Gasteiger partial charge on any atom is 0.261 e. The number of hydrogen-bond acceptors (Lipinski definition) is 6. The average Bonchev–Trinajstić information content (AvgIpc) is 3.23. The molecule has 0 aliphatic heterocycles. The van der Waals surface area contributed by atoms with Crippen molar-refractivity contribution in [1.82, 2.24) is 25.3 Å². The molecule has 8 heteroatoms. The Labute approximate surface area is 137 Å². The molecular weight excluding hydrogens is 312 g/mol. The molecule has 118 valence electrons. The first kappa shape index (κ1) is 15.2. The number of aromatic nitrogens is 4. The van der Waals surface area contributed by atoms with E-state index in [0.717, 1.165) is 10.4 Å². The number of aryl methyl sites for hydroxylation is 1. The Hall–Kier alpha value is -2.74. The zero-order chi connectivity index (χ0) is 16.1. The van der Waals surface area contributed by atoms with Crippen LogP contribution in [0.3, 0.4) is 0 Å². The number of carbonyl (C=O) groups excluding carboxylic acids is 1. The summed E-state index contributed by atoms with van der Waals surface area (Å²) in [6.07, 6.45) is 3.49. The van der Waals surface area contributed by atoms with E-state index in [2.05, 4.69) is 25.9 Å². The van der Waals surface area contributed by atoms with E-state index < -0.39 is 0 Å². The van der Waals surface area contributed by atoms with Gasteiger partial charge >= 0.3 is 0 Å². The summed E-state index contributed by atoms with van der Waals surface area (Å²) < 4.78 is 1.64. The zero-order valence-electron chi connectivity index (χ0n) is 12.6. The molecule has 0 fully saturated rings. The van der Waals surface area contributed by atoms with Gasteiger partial charge in [0.05, 0.1) is 4.88 Å². The summed E-state index contributed by atoms with van der Waals surface area (Å²) in [5.74, 6) is 1.26. The fourth-order valence-corrected chi connectivity index (χ4v) is 2.76. The first-order valence-corrected chi connectivity index (χ1v) is 8.01. The fourth-order valence-electron chi connectivity index (χ4n) is 1.95. The van der Waals surface area contributed by atoms with Gasteiger partial charge in [-0.05, 0) is 42.1 Å². The number of amides is 1. The molecule has 0 radical (unpaired) electrons. The van der Waals surface area contributed by atoms with Gasteiger partial charge in [-0.15, -0.1) is 21.5 Å². The number of rotatable bonds is 6. The molecule has 7 nitrogen and oxygen atoms in total. The summed E-state index contributed by atoms with van der Waals surface area (Å²) in [5.41, 5.74) is 1.10. The van der Waals surface area contributed by atoms with Crippen molar-refractivity contribution in [3.8, 4) is 5.82 Å². The third-order valence-electron chi connectivity index (χ3n) is 3.06. The van der Waals surface area contributed by atoms with Crippen LogP contribution in [0, 0.1) is 6.92 Å². The molecule has 0 bridgehead atoms. The van der Waals surface area contributed by atoms with Crippen molar-refractivity contribution in [1.29, 1.82) is 0 Å². The molecule has 0 saturated carbocycles. The third kappa shape index (κ3) is 3.92. The van der Waals surface area contributed by atoms with Gasteiger partial charge in [0.25, 0.3) is 5.91 Å². The van der Waals surface area contributed by atoms with Crippen molar-refractivity contribution in [3.05, 3.63) is 52.5 Å². The van der Waals surface area contributed by atoms with Crippen molar-refractivity contribution in [2.24, 2.45) is 0 Å². The lowest BCUT2D eigenvalue weighted by Crippen LogP contribution is -2.28. The minimum Gasteiger partial charge on any atom is -0.367 e. The number of carbonyl (C=O) groups is 1. The lowest BCUT2D eigenvalue weighted by atomic mass is 10.3. The second kappa shape index (κ2) is 7.01. The second-order valence-electron chi connectivity index (χ2n) is 4.90. The predicted octanol–water partition coefficient (Wildman–Crippen LogP) is 1.87. The van der Waals surface area contributed by atoms with Crippen LogP contribution >= 0.6 is 11.3 Å². The maximum atomic E-state index is 11.9. The molecule has 0 spiro atoms. The van der Waals surface area contributed by atoms with Crippen molar-refractivity contribution >= 4 is 23.1 Å². The van der Waals surface area contributed by atoms with Gasteiger partial charge in [0, 0.05) is 25.5 Å². The molecule has 0 aliphatic carbocycles. The molecule has 0 aliphatic rings. The lowest BCUT2D eigenvalue weighted by molar-refractivity contribution is 0.0959. The van der Waals surface area contributed by atoms with E-state index in [1.165, 1.54) is 11.3 Å². The van der Waals surface area contributed by atoms with Crippen LogP contribution in [-0.2, 0) is 0 Å². The van der Waals surface area contributed by atoms with Crippen molar-refractivity contribution in [2.45, 2.75) is 6.92 Å². The van der Waals surface area contributed by atoms with Crippen LogP contribution in [0.2, 0.25) is 0 Å². The molecule has 2 N–H and O–H groups in total. The Morgan fingerprint density at radius 2 is 2.22 bits per heavy atom. The van der Waals surface area contributed by atoms with E-state index in [1.54, 1.807) is 17.1 Å². The van der Waals surface area contributed by atoms with Crippen LogP contribution in [0.4, 0.5) is 5.82 Å². The highest BCUT2D eigenvalue weighted by Gasteiger charge is 2.06. The molecule has 0 saturated heterocycles. The molecular formula is C15H16N6OS. The summed E-state index contributed by atoms with van der Waals surface area (Å²) in [7, 11) is 0. The SMILES string of the molecule is Cc1csc(C(=O)NCCNc2ccc(-n3cccn3)nn2)c1. The maximum absolute atomic E-state index is 11.9. The minimum absolute atomic E-state index is 0.0509. The number of nitrogens with zero attached hydrogens (tertiary/aromatic N) is 4. The smallest absolute Gasteiger partial charge is 0.261 e. The Balaban J connectivity index is 1.45.